The lowest BCUT2D eigenvalue weighted by atomic mass is 9.84. The van der Waals surface area contributed by atoms with Gasteiger partial charge in [0.05, 0.1) is 5.69 Å². The molecular formula is C17H22N2O. The lowest BCUT2D eigenvalue weighted by molar-refractivity contribution is 0.558. The highest BCUT2D eigenvalue weighted by Gasteiger charge is 2.22. The van der Waals surface area contributed by atoms with Crippen molar-refractivity contribution < 1.29 is 4.42 Å². The third kappa shape index (κ3) is 2.93. The van der Waals surface area contributed by atoms with Gasteiger partial charge in [-0.15, -0.1) is 0 Å². The van der Waals surface area contributed by atoms with Gasteiger partial charge in [0.25, 0.3) is 0 Å². The summed E-state index contributed by atoms with van der Waals surface area (Å²) >= 11 is 0. The van der Waals surface area contributed by atoms with Gasteiger partial charge in [-0.1, -0.05) is 39.0 Å². The quantitative estimate of drug-likeness (QED) is 0.916. The molecule has 0 bridgehead atoms. The van der Waals surface area contributed by atoms with Gasteiger partial charge in [0, 0.05) is 18.2 Å². The Morgan fingerprint density at radius 2 is 2.00 bits per heavy atom. The second-order valence-electron chi connectivity index (χ2n) is 6.59. The van der Waals surface area contributed by atoms with E-state index in [0.717, 1.165) is 23.7 Å². The Morgan fingerprint density at radius 3 is 2.70 bits per heavy atom. The molecule has 3 nitrogen and oxygen atoms in total. The van der Waals surface area contributed by atoms with Gasteiger partial charge in [-0.05, 0) is 29.9 Å². The number of nitrogens with one attached hydrogen (secondary N) is 1. The minimum absolute atomic E-state index is 0.0808. The molecular weight excluding hydrogens is 248 g/mol. The van der Waals surface area contributed by atoms with E-state index in [1.54, 1.807) is 6.26 Å². The van der Waals surface area contributed by atoms with Crippen LogP contribution < -0.4 is 5.32 Å². The molecule has 0 aliphatic heterocycles. The summed E-state index contributed by atoms with van der Waals surface area (Å²) in [6, 6.07) is 9.04. The van der Waals surface area contributed by atoms with Crippen LogP contribution in [0.2, 0.25) is 0 Å². The van der Waals surface area contributed by atoms with Crippen LogP contribution in [0, 0.1) is 0 Å². The van der Waals surface area contributed by atoms with Gasteiger partial charge in [-0.3, -0.25) is 0 Å². The Hall–Kier alpha value is -1.61. The van der Waals surface area contributed by atoms with Crippen molar-refractivity contribution in [2.75, 3.05) is 0 Å². The van der Waals surface area contributed by atoms with E-state index in [-0.39, 0.29) is 5.41 Å². The number of aromatic nitrogens is 1. The van der Waals surface area contributed by atoms with E-state index in [9.17, 15) is 0 Å². The fraction of sp³-hybridized carbons (Fsp3) is 0.471. The van der Waals surface area contributed by atoms with Crippen LogP contribution in [0.3, 0.4) is 0 Å². The summed E-state index contributed by atoms with van der Waals surface area (Å²) in [5, 5.41) is 3.46. The van der Waals surface area contributed by atoms with Crippen molar-refractivity contribution in [1.29, 1.82) is 0 Å². The molecule has 1 aromatic heterocycles. The Kier molecular flexibility index (Phi) is 3.38. The molecule has 1 aromatic carbocycles. The Morgan fingerprint density at radius 1 is 1.25 bits per heavy atom. The van der Waals surface area contributed by atoms with Crippen molar-refractivity contribution >= 4 is 0 Å². The van der Waals surface area contributed by atoms with E-state index in [4.69, 9.17) is 4.42 Å². The maximum atomic E-state index is 5.69. The molecule has 1 aliphatic rings. The summed E-state index contributed by atoms with van der Waals surface area (Å²) in [5.74, 6) is 0.725. The first-order valence-corrected chi connectivity index (χ1v) is 7.32. The van der Waals surface area contributed by atoms with Crippen molar-refractivity contribution in [3.8, 4) is 11.5 Å². The zero-order chi connectivity index (χ0) is 14.2. The highest BCUT2D eigenvalue weighted by molar-refractivity contribution is 5.60. The lowest BCUT2D eigenvalue weighted by Crippen LogP contribution is -2.15. The maximum absolute atomic E-state index is 5.69. The molecule has 3 rings (SSSR count). The predicted molar refractivity (Wildman–Crippen MR) is 80.5 cm³/mol. The first-order valence-electron chi connectivity index (χ1n) is 7.32. The Balaban J connectivity index is 1.85. The van der Waals surface area contributed by atoms with Gasteiger partial charge in [-0.2, -0.15) is 0 Å². The zero-order valence-corrected chi connectivity index (χ0v) is 12.4. The van der Waals surface area contributed by atoms with Crippen LogP contribution in [0.4, 0.5) is 0 Å². The number of oxazole rings is 1. The molecule has 1 heterocycles. The average molecular weight is 270 g/mol. The van der Waals surface area contributed by atoms with E-state index in [0.29, 0.717) is 6.04 Å². The van der Waals surface area contributed by atoms with Crippen LogP contribution in [-0.4, -0.2) is 11.0 Å². The van der Waals surface area contributed by atoms with Gasteiger partial charge < -0.3 is 9.73 Å². The van der Waals surface area contributed by atoms with Crippen LogP contribution in [0.5, 0.6) is 0 Å². The second kappa shape index (κ2) is 5.06. The highest BCUT2D eigenvalue weighted by atomic mass is 16.3. The van der Waals surface area contributed by atoms with Gasteiger partial charge >= 0.3 is 0 Å². The lowest BCUT2D eigenvalue weighted by Gasteiger charge is -2.21. The van der Waals surface area contributed by atoms with Crippen LogP contribution in [0.25, 0.3) is 11.5 Å². The molecule has 0 saturated heterocycles. The third-order valence-corrected chi connectivity index (χ3v) is 3.67. The molecule has 0 atom stereocenters. The molecule has 0 radical (unpaired) electrons. The third-order valence-electron chi connectivity index (χ3n) is 3.67. The molecule has 1 N–H and O–H groups in total. The molecule has 0 amide bonds. The van der Waals surface area contributed by atoms with E-state index in [1.807, 2.05) is 6.07 Å². The van der Waals surface area contributed by atoms with Crippen molar-refractivity contribution in [1.82, 2.24) is 10.3 Å². The summed E-state index contributed by atoms with van der Waals surface area (Å²) < 4.78 is 5.69. The molecule has 1 saturated carbocycles. The zero-order valence-electron chi connectivity index (χ0n) is 12.4. The SMILES string of the molecule is CC(C)(C)c1ccccc1-c1nc(CNC2CC2)co1. The smallest absolute Gasteiger partial charge is 0.226 e. The summed E-state index contributed by atoms with van der Waals surface area (Å²) in [6.07, 6.45) is 4.35. The van der Waals surface area contributed by atoms with Crippen LogP contribution in [0.1, 0.15) is 44.9 Å². The first-order chi connectivity index (χ1) is 9.54. The molecule has 106 valence electrons. The maximum Gasteiger partial charge on any atom is 0.226 e. The van der Waals surface area contributed by atoms with Gasteiger partial charge in [0.1, 0.15) is 6.26 Å². The standard InChI is InChI=1S/C17H22N2O/c1-17(2,3)15-7-5-4-6-14(15)16-19-13(11-20-16)10-18-12-8-9-12/h4-7,11-12,18H,8-10H2,1-3H3. The minimum Gasteiger partial charge on any atom is -0.444 e. The summed E-state index contributed by atoms with van der Waals surface area (Å²) in [4.78, 5) is 4.63. The highest BCUT2D eigenvalue weighted by Crippen LogP contribution is 2.32. The van der Waals surface area contributed by atoms with E-state index < -0.39 is 0 Å². The first kappa shape index (κ1) is 13.4. The van der Waals surface area contributed by atoms with Crippen LogP contribution in [0.15, 0.2) is 34.9 Å². The average Bonchev–Trinajstić information content (AvgIpc) is 3.12. The number of nitrogens with zero attached hydrogens (tertiary/aromatic N) is 1. The Bertz CT molecular complexity index is 591. The molecule has 1 fully saturated rings. The Labute approximate surface area is 120 Å². The molecule has 1 aliphatic carbocycles. The fourth-order valence-corrected chi connectivity index (χ4v) is 2.37. The van der Waals surface area contributed by atoms with Gasteiger partial charge in [-0.25, -0.2) is 4.98 Å². The van der Waals surface area contributed by atoms with Crippen LogP contribution >= 0.6 is 0 Å². The van der Waals surface area contributed by atoms with Crippen molar-refractivity contribution in [2.45, 2.75) is 51.6 Å². The summed E-state index contributed by atoms with van der Waals surface area (Å²) in [7, 11) is 0. The number of rotatable bonds is 4. The van der Waals surface area contributed by atoms with E-state index >= 15 is 0 Å². The second-order valence-corrected chi connectivity index (χ2v) is 6.59. The van der Waals surface area contributed by atoms with Gasteiger partial charge in [0.2, 0.25) is 5.89 Å². The normalized spacial score (nSPS) is 15.6. The predicted octanol–water partition coefficient (Wildman–Crippen LogP) is 3.89. The number of hydrogen-bond donors (Lipinski definition) is 1. The van der Waals surface area contributed by atoms with Crippen molar-refractivity contribution in [2.24, 2.45) is 0 Å². The topological polar surface area (TPSA) is 38.1 Å². The summed E-state index contributed by atoms with van der Waals surface area (Å²) in [6.45, 7) is 7.44. The van der Waals surface area contributed by atoms with Crippen molar-refractivity contribution in [3.63, 3.8) is 0 Å². The number of hydrogen-bond acceptors (Lipinski definition) is 3. The molecule has 3 heteroatoms. The molecule has 0 unspecified atom stereocenters. The van der Waals surface area contributed by atoms with E-state index in [1.165, 1.54) is 18.4 Å². The summed E-state index contributed by atoms with van der Waals surface area (Å²) in [5.41, 5.74) is 3.43. The van der Waals surface area contributed by atoms with Crippen molar-refractivity contribution in [3.05, 3.63) is 41.8 Å². The van der Waals surface area contributed by atoms with E-state index in [2.05, 4.69) is 49.3 Å². The monoisotopic (exact) mass is 270 g/mol. The van der Waals surface area contributed by atoms with Gasteiger partial charge in [0.15, 0.2) is 0 Å². The largest absolute Gasteiger partial charge is 0.444 e. The fourth-order valence-electron chi connectivity index (χ4n) is 2.37. The molecule has 20 heavy (non-hydrogen) atoms. The number of benzene rings is 1. The molecule has 0 spiro atoms. The molecule has 2 aromatic rings. The minimum atomic E-state index is 0.0808. The van der Waals surface area contributed by atoms with Crippen LogP contribution in [-0.2, 0) is 12.0 Å².